The van der Waals surface area contributed by atoms with Crippen LogP contribution in [0.15, 0.2) is 9.95 Å². The Morgan fingerprint density at radius 1 is 1.33 bits per heavy atom. The Labute approximate surface area is 111 Å². The lowest BCUT2D eigenvalue weighted by Gasteiger charge is -2.16. The molecule has 0 amide bonds. The summed E-state index contributed by atoms with van der Waals surface area (Å²) in [7, 11) is 0. The largest absolute Gasteiger partial charge is 0.352 e. The fourth-order valence-corrected chi connectivity index (χ4v) is 2.53. The van der Waals surface area contributed by atoms with Crippen molar-refractivity contribution in [3.05, 3.63) is 10.5 Å². The van der Waals surface area contributed by atoms with Gasteiger partial charge in [0.2, 0.25) is 0 Å². The molecule has 0 aromatic carbocycles. The first-order chi connectivity index (χ1) is 8.60. The van der Waals surface area contributed by atoms with E-state index in [1.54, 1.807) is 4.57 Å². The highest BCUT2D eigenvalue weighted by atomic mass is 32.2. The molecule has 0 saturated heterocycles. The average molecular weight is 275 g/mol. The molecule has 0 fully saturated rings. The Bertz CT molecular complexity index is 396. The van der Waals surface area contributed by atoms with E-state index in [1.807, 2.05) is 27.7 Å². The number of rotatable bonds is 8. The van der Waals surface area contributed by atoms with Gasteiger partial charge in [-0.1, -0.05) is 11.8 Å². The monoisotopic (exact) mass is 275 g/mol. The molecule has 1 N–H and O–H groups in total. The molecule has 1 aromatic heterocycles. The minimum atomic E-state index is -0.266. The van der Waals surface area contributed by atoms with Gasteiger partial charge < -0.3 is 9.47 Å². The Morgan fingerprint density at radius 2 is 1.94 bits per heavy atom. The van der Waals surface area contributed by atoms with Crippen molar-refractivity contribution in [2.45, 2.75) is 45.2 Å². The van der Waals surface area contributed by atoms with Gasteiger partial charge in [0.25, 0.3) is 0 Å². The lowest BCUT2D eigenvalue weighted by molar-refractivity contribution is -0.120. The predicted octanol–water partition coefficient (Wildman–Crippen LogP) is 1.64. The summed E-state index contributed by atoms with van der Waals surface area (Å²) < 4.78 is 12.5. The van der Waals surface area contributed by atoms with Crippen LogP contribution in [0.4, 0.5) is 0 Å². The molecule has 0 aliphatic rings. The molecule has 0 radical (unpaired) electrons. The molecule has 1 rings (SSSR count). The van der Waals surface area contributed by atoms with Crippen LogP contribution in [-0.4, -0.2) is 40.0 Å². The summed E-state index contributed by atoms with van der Waals surface area (Å²) in [6.07, 6.45) is -0.266. The van der Waals surface area contributed by atoms with Gasteiger partial charge in [0.1, 0.15) is 0 Å². The van der Waals surface area contributed by atoms with Crippen LogP contribution in [0.2, 0.25) is 0 Å². The molecule has 1 heterocycles. The SMILES string of the molecule is CCOC(CSc1n[nH]c(=O)n1C(C)C)OCC. The van der Waals surface area contributed by atoms with Crippen LogP contribution in [-0.2, 0) is 9.47 Å². The highest BCUT2D eigenvalue weighted by Gasteiger charge is 2.15. The van der Waals surface area contributed by atoms with Gasteiger partial charge in [-0.15, -0.1) is 5.10 Å². The highest BCUT2D eigenvalue weighted by Crippen LogP contribution is 2.19. The first kappa shape index (κ1) is 15.3. The number of hydrogen-bond acceptors (Lipinski definition) is 5. The number of ether oxygens (including phenoxy) is 2. The molecule has 0 aliphatic carbocycles. The summed E-state index contributed by atoms with van der Waals surface area (Å²) in [6, 6.07) is 0.0800. The third-order valence-corrected chi connectivity index (χ3v) is 3.23. The van der Waals surface area contributed by atoms with E-state index < -0.39 is 0 Å². The number of H-pyrrole nitrogens is 1. The fraction of sp³-hybridized carbons (Fsp3) is 0.818. The summed E-state index contributed by atoms with van der Waals surface area (Å²) in [5.74, 6) is 0.610. The van der Waals surface area contributed by atoms with E-state index in [4.69, 9.17) is 9.47 Å². The number of thioether (sulfide) groups is 1. The van der Waals surface area contributed by atoms with E-state index >= 15 is 0 Å². The molecule has 7 heteroatoms. The second-order valence-corrected chi connectivity index (χ2v) is 4.91. The van der Waals surface area contributed by atoms with Crippen LogP contribution in [0.3, 0.4) is 0 Å². The van der Waals surface area contributed by atoms with Crippen LogP contribution < -0.4 is 5.69 Å². The predicted molar refractivity (Wildman–Crippen MR) is 71.0 cm³/mol. The molecule has 0 atom stereocenters. The van der Waals surface area contributed by atoms with Gasteiger partial charge in [0.15, 0.2) is 11.4 Å². The van der Waals surface area contributed by atoms with Crippen molar-refractivity contribution >= 4 is 11.8 Å². The fourth-order valence-electron chi connectivity index (χ4n) is 1.51. The van der Waals surface area contributed by atoms with Gasteiger partial charge in [-0.2, -0.15) is 0 Å². The van der Waals surface area contributed by atoms with Gasteiger partial charge in [-0.25, -0.2) is 9.89 Å². The Balaban J connectivity index is 2.64. The Morgan fingerprint density at radius 3 is 2.44 bits per heavy atom. The molecule has 104 valence electrons. The van der Waals surface area contributed by atoms with E-state index in [9.17, 15) is 4.79 Å². The van der Waals surface area contributed by atoms with Gasteiger partial charge in [-0.05, 0) is 27.7 Å². The molecule has 0 saturated carbocycles. The highest BCUT2D eigenvalue weighted by molar-refractivity contribution is 7.99. The van der Waals surface area contributed by atoms with Crippen molar-refractivity contribution in [2.24, 2.45) is 0 Å². The van der Waals surface area contributed by atoms with Crippen LogP contribution in [0.1, 0.15) is 33.7 Å². The van der Waals surface area contributed by atoms with Crippen molar-refractivity contribution in [1.29, 1.82) is 0 Å². The molecule has 0 unspecified atom stereocenters. The van der Waals surface area contributed by atoms with Crippen molar-refractivity contribution < 1.29 is 9.47 Å². The second-order valence-electron chi connectivity index (χ2n) is 3.93. The van der Waals surface area contributed by atoms with Crippen LogP contribution >= 0.6 is 11.8 Å². The lowest BCUT2D eigenvalue weighted by atomic mass is 10.4. The minimum Gasteiger partial charge on any atom is -0.352 e. The maximum atomic E-state index is 11.5. The summed E-state index contributed by atoms with van der Waals surface area (Å²) in [5, 5.41) is 7.13. The quantitative estimate of drug-likeness (QED) is 0.577. The third-order valence-electron chi connectivity index (χ3n) is 2.24. The molecule has 6 nitrogen and oxygen atoms in total. The van der Waals surface area contributed by atoms with Crippen molar-refractivity contribution in [3.63, 3.8) is 0 Å². The first-order valence-electron chi connectivity index (χ1n) is 6.13. The summed E-state index contributed by atoms with van der Waals surface area (Å²) in [6.45, 7) is 8.95. The van der Waals surface area contributed by atoms with E-state index in [0.29, 0.717) is 24.1 Å². The maximum Gasteiger partial charge on any atom is 0.344 e. The van der Waals surface area contributed by atoms with Crippen molar-refractivity contribution in [3.8, 4) is 0 Å². The average Bonchev–Trinajstić information content (AvgIpc) is 2.68. The van der Waals surface area contributed by atoms with Gasteiger partial charge in [0, 0.05) is 19.3 Å². The number of nitrogens with one attached hydrogen (secondary N) is 1. The summed E-state index contributed by atoms with van der Waals surface area (Å²) in [5.41, 5.74) is -0.183. The topological polar surface area (TPSA) is 69.1 Å². The number of aromatic amines is 1. The normalized spacial score (nSPS) is 11.7. The molecule has 18 heavy (non-hydrogen) atoms. The van der Waals surface area contributed by atoms with E-state index in [2.05, 4.69) is 10.2 Å². The Kier molecular flexibility index (Phi) is 6.45. The zero-order valence-electron chi connectivity index (χ0n) is 11.3. The van der Waals surface area contributed by atoms with E-state index in [1.165, 1.54) is 11.8 Å². The summed E-state index contributed by atoms with van der Waals surface area (Å²) >= 11 is 1.45. The van der Waals surface area contributed by atoms with Gasteiger partial charge >= 0.3 is 5.69 Å². The standard InChI is InChI=1S/C11H21N3O3S/c1-5-16-9(17-6-2)7-18-11-13-12-10(15)14(11)8(3)4/h8-9H,5-7H2,1-4H3,(H,12,15). The first-order valence-corrected chi connectivity index (χ1v) is 7.11. The van der Waals surface area contributed by atoms with Crippen LogP contribution in [0, 0.1) is 0 Å². The molecular weight excluding hydrogens is 254 g/mol. The van der Waals surface area contributed by atoms with Crippen LogP contribution in [0.5, 0.6) is 0 Å². The van der Waals surface area contributed by atoms with Gasteiger partial charge in [-0.3, -0.25) is 4.57 Å². The molecule has 0 spiro atoms. The number of hydrogen-bond donors (Lipinski definition) is 1. The Hall–Kier alpha value is -0.790. The molecule has 1 aromatic rings. The third kappa shape index (κ3) is 4.15. The minimum absolute atomic E-state index is 0.0800. The smallest absolute Gasteiger partial charge is 0.344 e. The van der Waals surface area contributed by atoms with E-state index in [-0.39, 0.29) is 18.0 Å². The second kappa shape index (κ2) is 7.60. The van der Waals surface area contributed by atoms with E-state index in [0.717, 1.165) is 0 Å². The van der Waals surface area contributed by atoms with Gasteiger partial charge in [0.05, 0.1) is 5.75 Å². The lowest BCUT2D eigenvalue weighted by Crippen LogP contribution is -2.22. The molecular formula is C11H21N3O3S. The van der Waals surface area contributed by atoms with Crippen molar-refractivity contribution in [2.75, 3.05) is 19.0 Å². The number of aromatic nitrogens is 3. The molecule has 0 aliphatic heterocycles. The zero-order chi connectivity index (χ0) is 13.5. The molecule has 0 bridgehead atoms. The number of nitrogens with zero attached hydrogens (tertiary/aromatic N) is 2. The maximum absolute atomic E-state index is 11.5. The van der Waals surface area contributed by atoms with Crippen molar-refractivity contribution in [1.82, 2.24) is 14.8 Å². The van der Waals surface area contributed by atoms with Crippen LogP contribution in [0.25, 0.3) is 0 Å². The summed E-state index contributed by atoms with van der Waals surface area (Å²) in [4.78, 5) is 11.5. The zero-order valence-corrected chi connectivity index (χ0v) is 12.1.